The van der Waals surface area contributed by atoms with Crippen LogP contribution in [0.1, 0.15) is 11.1 Å². The molecule has 1 fully saturated rings. The first-order valence-electron chi connectivity index (χ1n) is 13.5. The second-order valence-electron chi connectivity index (χ2n) is 10.3. The molecule has 6 atom stereocenters. The molecule has 13 nitrogen and oxygen atoms in total. The van der Waals surface area contributed by atoms with Crippen molar-refractivity contribution in [2.75, 3.05) is 20.8 Å². The number of allylic oxidation sites excluding steroid dienone is 2. The summed E-state index contributed by atoms with van der Waals surface area (Å²) in [6.07, 6.45) is -4.36. The van der Waals surface area contributed by atoms with Gasteiger partial charge in [-0.2, -0.15) is 0 Å². The summed E-state index contributed by atoms with van der Waals surface area (Å²) in [5.41, 5.74) is 1.68. The van der Waals surface area contributed by atoms with Crippen LogP contribution in [-0.4, -0.2) is 93.4 Å². The SMILES string of the molecule is COc1cc(C2=C(O[C@@H]3O[C@H](CO)[C@@H](O)[C@H](O)[C@H]3O)C3=C4C(=CC(O)=CC4O2)OC(c2ccc(O)cc2)=C3)cc(OC)c1O. The van der Waals surface area contributed by atoms with Crippen LogP contribution in [0.2, 0.25) is 0 Å². The third kappa shape index (κ3) is 5.00. The lowest BCUT2D eigenvalue weighted by Crippen LogP contribution is -2.59. The van der Waals surface area contributed by atoms with Crippen molar-refractivity contribution >= 4 is 11.5 Å². The molecular weight excluding hydrogens is 580 g/mol. The zero-order valence-corrected chi connectivity index (χ0v) is 23.4. The molecule has 2 aromatic rings. The Bertz CT molecular complexity index is 1590. The Kier molecular flexibility index (Phi) is 7.65. The van der Waals surface area contributed by atoms with Crippen LogP contribution in [0, 0.1) is 0 Å². The molecule has 3 aliphatic heterocycles. The quantitative estimate of drug-likeness (QED) is 0.239. The summed E-state index contributed by atoms with van der Waals surface area (Å²) in [4.78, 5) is 0. The van der Waals surface area contributed by atoms with Gasteiger partial charge in [-0.1, -0.05) is 0 Å². The zero-order valence-electron chi connectivity index (χ0n) is 23.4. The van der Waals surface area contributed by atoms with E-state index >= 15 is 0 Å². The molecule has 6 rings (SSSR count). The normalized spacial score (nSPS) is 27.7. The Hall–Kier alpha value is -4.66. The van der Waals surface area contributed by atoms with E-state index in [1.54, 1.807) is 18.2 Å². The highest BCUT2D eigenvalue weighted by Gasteiger charge is 2.47. The molecule has 1 unspecified atom stereocenters. The molecular formula is C31H30O13. The van der Waals surface area contributed by atoms with Crippen molar-refractivity contribution in [2.45, 2.75) is 36.8 Å². The van der Waals surface area contributed by atoms with Gasteiger partial charge in [0.15, 0.2) is 29.1 Å². The van der Waals surface area contributed by atoms with E-state index in [1.165, 1.54) is 50.6 Å². The number of phenols is 2. The van der Waals surface area contributed by atoms with Crippen LogP contribution in [-0.2, 0) is 18.9 Å². The first kappa shape index (κ1) is 29.4. The molecule has 0 aromatic heterocycles. The second kappa shape index (κ2) is 11.4. The molecule has 0 amide bonds. The van der Waals surface area contributed by atoms with Crippen molar-refractivity contribution in [3.63, 3.8) is 0 Å². The molecule has 2 aromatic carbocycles. The molecule has 0 radical (unpaired) electrons. The summed E-state index contributed by atoms with van der Waals surface area (Å²) in [7, 11) is 2.70. The van der Waals surface area contributed by atoms with Crippen molar-refractivity contribution in [1.29, 1.82) is 0 Å². The molecule has 13 heteroatoms. The van der Waals surface area contributed by atoms with E-state index in [0.717, 1.165) is 0 Å². The minimum absolute atomic E-state index is 0.0179. The van der Waals surface area contributed by atoms with Gasteiger partial charge in [0.2, 0.25) is 12.0 Å². The van der Waals surface area contributed by atoms with Gasteiger partial charge < -0.3 is 64.2 Å². The van der Waals surface area contributed by atoms with Crippen molar-refractivity contribution in [3.8, 4) is 23.0 Å². The zero-order chi connectivity index (χ0) is 31.3. The van der Waals surface area contributed by atoms with Crippen LogP contribution in [0.3, 0.4) is 0 Å². The Balaban J connectivity index is 1.57. The van der Waals surface area contributed by atoms with Crippen LogP contribution < -0.4 is 9.47 Å². The van der Waals surface area contributed by atoms with Crippen LogP contribution in [0.25, 0.3) is 11.5 Å². The summed E-state index contributed by atoms with van der Waals surface area (Å²) in [5, 5.41) is 72.3. The lowest BCUT2D eigenvalue weighted by atomic mass is 9.88. The summed E-state index contributed by atoms with van der Waals surface area (Å²) >= 11 is 0. The van der Waals surface area contributed by atoms with Gasteiger partial charge in [-0.05, 0) is 42.5 Å². The fourth-order valence-electron chi connectivity index (χ4n) is 5.34. The Morgan fingerprint density at radius 2 is 1.50 bits per heavy atom. The maximum absolute atomic E-state index is 10.8. The van der Waals surface area contributed by atoms with E-state index in [0.29, 0.717) is 22.5 Å². The van der Waals surface area contributed by atoms with Gasteiger partial charge >= 0.3 is 0 Å². The number of aliphatic hydroxyl groups is 5. The van der Waals surface area contributed by atoms with Crippen LogP contribution in [0.5, 0.6) is 23.0 Å². The number of hydrogen-bond acceptors (Lipinski definition) is 13. The number of methoxy groups -OCH3 is 2. The molecule has 7 N–H and O–H groups in total. The van der Waals surface area contributed by atoms with Crippen molar-refractivity contribution in [3.05, 3.63) is 94.2 Å². The van der Waals surface area contributed by atoms with Gasteiger partial charge in [-0.15, -0.1) is 0 Å². The molecule has 0 spiro atoms. The van der Waals surface area contributed by atoms with Gasteiger partial charge in [0.25, 0.3) is 0 Å². The molecule has 1 aliphatic carbocycles. The van der Waals surface area contributed by atoms with Gasteiger partial charge in [-0.3, -0.25) is 0 Å². The highest BCUT2D eigenvalue weighted by atomic mass is 16.7. The van der Waals surface area contributed by atoms with Gasteiger partial charge in [0.05, 0.1) is 26.4 Å². The van der Waals surface area contributed by atoms with Crippen LogP contribution >= 0.6 is 0 Å². The molecule has 4 aliphatic rings. The Morgan fingerprint density at radius 1 is 0.818 bits per heavy atom. The van der Waals surface area contributed by atoms with E-state index in [2.05, 4.69) is 0 Å². The number of benzene rings is 2. The highest BCUT2D eigenvalue weighted by molar-refractivity contribution is 5.80. The third-order valence-electron chi connectivity index (χ3n) is 7.61. The average Bonchev–Trinajstić information content (AvgIpc) is 3.02. The maximum atomic E-state index is 10.8. The van der Waals surface area contributed by atoms with Crippen molar-refractivity contribution < 1.29 is 64.2 Å². The van der Waals surface area contributed by atoms with Gasteiger partial charge in [0, 0.05) is 28.9 Å². The lowest BCUT2D eigenvalue weighted by molar-refractivity contribution is -0.290. The van der Waals surface area contributed by atoms with Crippen LogP contribution in [0.4, 0.5) is 0 Å². The van der Waals surface area contributed by atoms with Gasteiger partial charge in [0.1, 0.15) is 47.4 Å². The second-order valence-corrected chi connectivity index (χ2v) is 10.3. The smallest absolute Gasteiger partial charge is 0.229 e. The summed E-state index contributed by atoms with van der Waals surface area (Å²) in [6.45, 7) is -0.675. The predicted octanol–water partition coefficient (Wildman–Crippen LogP) is 1.71. The minimum Gasteiger partial charge on any atom is -0.508 e. The van der Waals surface area contributed by atoms with E-state index in [9.17, 15) is 35.7 Å². The topological polar surface area (TPSA) is 197 Å². The van der Waals surface area contributed by atoms with Crippen LogP contribution in [0.15, 0.2) is 83.0 Å². The molecule has 0 bridgehead atoms. The summed E-state index contributed by atoms with van der Waals surface area (Å²) < 4.78 is 35.1. The number of ether oxygens (including phenoxy) is 6. The molecule has 3 heterocycles. The third-order valence-corrected chi connectivity index (χ3v) is 7.61. The molecule has 44 heavy (non-hydrogen) atoms. The lowest BCUT2D eigenvalue weighted by Gasteiger charge is -2.41. The maximum Gasteiger partial charge on any atom is 0.229 e. The van der Waals surface area contributed by atoms with E-state index < -0.39 is 43.4 Å². The summed E-state index contributed by atoms with van der Waals surface area (Å²) in [6, 6.07) is 9.13. The molecule has 0 saturated carbocycles. The number of phenolic OH excluding ortho intramolecular Hbond substituents is 2. The fourth-order valence-corrected chi connectivity index (χ4v) is 5.34. The first-order chi connectivity index (χ1) is 21.1. The minimum atomic E-state index is -1.75. The molecule has 1 saturated heterocycles. The van der Waals surface area contributed by atoms with E-state index in [-0.39, 0.29) is 51.6 Å². The van der Waals surface area contributed by atoms with Crippen molar-refractivity contribution in [2.24, 2.45) is 0 Å². The number of aromatic hydroxyl groups is 2. The Labute approximate surface area is 250 Å². The highest BCUT2D eigenvalue weighted by Crippen LogP contribution is 2.49. The summed E-state index contributed by atoms with van der Waals surface area (Å²) in [5.74, 6) is 0.260. The van der Waals surface area contributed by atoms with Crippen molar-refractivity contribution in [1.82, 2.24) is 0 Å². The Morgan fingerprint density at radius 3 is 2.14 bits per heavy atom. The number of aliphatic hydroxyl groups excluding tert-OH is 5. The first-order valence-corrected chi connectivity index (χ1v) is 13.5. The largest absolute Gasteiger partial charge is 0.508 e. The predicted molar refractivity (Wildman–Crippen MR) is 151 cm³/mol. The van der Waals surface area contributed by atoms with Gasteiger partial charge in [-0.25, -0.2) is 0 Å². The van der Waals surface area contributed by atoms with E-state index in [4.69, 9.17) is 28.4 Å². The molecule has 232 valence electrons. The average molecular weight is 611 g/mol. The number of rotatable bonds is 7. The standard InChI is InChI=1S/C31H30O13/c1-39-21-7-14(8-22(40-2)25(21)35)29-30(44-31-28(38)27(37)26(36)23(12-32)43-31)17-11-18(13-3-5-15(33)6-4-13)41-19-9-16(34)10-20(42-29)24(17)19/h3-11,20,23,26-28,31-38H,12H2,1-2H3/t20?,23-,26-,27+,28-,31+/m1/s1. The van der Waals surface area contributed by atoms with E-state index in [1.807, 2.05) is 0 Å². The fraction of sp³-hybridized carbons (Fsp3) is 0.290. The number of hydrogen-bond donors (Lipinski definition) is 7. The monoisotopic (exact) mass is 610 g/mol.